The predicted molar refractivity (Wildman–Crippen MR) is 104 cm³/mol. The van der Waals surface area contributed by atoms with E-state index in [0.29, 0.717) is 43.7 Å². The van der Waals surface area contributed by atoms with Gasteiger partial charge in [-0.25, -0.2) is 9.97 Å². The molecular formula is C20H22N6O2. The van der Waals surface area contributed by atoms with Gasteiger partial charge in [-0.1, -0.05) is 18.2 Å². The summed E-state index contributed by atoms with van der Waals surface area (Å²) >= 11 is 0. The van der Waals surface area contributed by atoms with Crippen LogP contribution in [0.1, 0.15) is 17.9 Å². The highest BCUT2D eigenvalue weighted by Gasteiger charge is 2.22. The molecule has 0 N–H and O–H groups in total. The van der Waals surface area contributed by atoms with Crippen molar-refractivity contribution in [2.75, 3.05) is 31.1 Å². The lowest BCUT2D eigenvalue weighted by Gasteiger charge is -2.34. The number of rotatable bonds is 5. The number of nitrogens with zero attached hydrogens (tertiary/aromatic N) is 6. The van der Waals surface area contributed by atoms with Crippen LogP contribution in [-0.2, 0) is 11.2 Å². The number of hydrogen-bond donors (Lipinski definition) is 0. The van der Waals surface area contributed by atoms with E-state index in [1.54, 1.807) is 18.5 Å². The lowest BCUT2D eigenvalue weighted by Crippen LogP contribution is -2.49. The molecule has 0 unspecified atom stereocenters. The Bertz CT molecular complexity index is 935. The highest BCUT2D eigenvalue weighted by Crippen LogP contribution is 2.22. The van der Waals surface area contributed by atoms with Crippen molar-refractivity contribution in [3.63, 3.8) is 0 Å². The Hall–Kier alpha value is -3.29. The van der Waals surface area contributed by atoms with Crippen LogP contribution in [0.25, 0.3) is 11.5 Å². The molecule has 2 aromatic heterocycles. The van der Waals surface area contributed by atoms with Crippen molar-refractivity contribution in [2.24, 2.45) is 0 Å². The first kappa shape index (κ1) is 18.1. The van der Waals surface area contributed by atoms with Gasteiger partial charge < -0.3 is 14.2 Å². The van der Waals surface area contributed by atoms with E-state index in [1.165, 1.54) is 0 Å². The molecule has 1 saturated heterocycles. The van der Waals surface area contributed by atoms with Gasteiger partial charge in [0.2, 0.25) is 23.6 Å². The number of carbonyl (C=O) groups excluding carboxylic acids is 1. The van der Waals surface area contributed by atoms with Gasteiger partial charge in [0.15, 0.2) is 0 Å². The normalized spacial score (nSPS) is 14.3. The summed E-state index contributed by atoms with van der Waals surface area (Å²) < 4.78 is 5.75. The molecule has 0 bridgehead atoms. The molecule has 28 heavy (non-hydrogen) atoms. The average molecular weight is 378 g/mol. The van der Waals surface area contributed by atoms with E-state index in [1.807, 2.05) is 36.1 Å². The van der Waals surface area contributed by atoms with E-state index >= 15 is 0 Å². The summed E-state index contributed by atoms with van der Waals surface area (Å²) in [4.78, 5) is 25.0. The summed E-state index contributed by atoms with van der Waals surface area (Å²) in [6.07, 6.45) is 4.27. The van der Waals surface area contributed by atoms with Gasteiger partial charge in [0.05, 0.1) is 0 Å². The Morgan fingerprint density at radius 2 is 1.79 bits per heavy atom. The van der Waals surface area contributed by atoms with Gasteiger partial charge in [-0.05, 0) is 24.6 Å². The highest BCUT2D eigenvalue weighted by molar-refractivity contribution is 5.76. The molecule has 8 heteroatoms. The van der Waals surface area contributed by atoms with Crippen LogP contribution in [0.2, 0.25) is 0 Å². The third kappa shape index (κ3) is 4.00. The Labute approximate surface area is 163 Å². The minimum Gasteiger partial charge on any atom is -0.421 e. The zero-order valence-corrected chi connectivity index (χ0v) is 15.8. The maximum absolute atomic E-state index is 12.5. The van der Waals surface area contributed by atoms with Crippen LogP contribution in [-0.4, -0.2) is 57.2 Å². The van der Waals surface area contributed by atoms with Gasteiger partial charge in [-0.3, -0.25) is 4.79 Å². The Balaban J connectivity index is 1.29. The van der Waals surface area contributed by atoms with Gasteiger partial charge in [0.25, 0.3) is 0 Å². The molecule has 1 aliphatic heterocycles. The summed E-state index contributed by atoms with van der Waals surface area (Å²) in [5.74, 6) is 1.80. The molecule has 0 spiro atoms. The number of hydrogen-bond acceptors (Lipinski definition) is 7. The van der Waals surface area contributed by atoms with Crippen molar-refractivity contribution in [3.05, 3.63) is 54.2 Å². The SMILES string of the molecule is Cc1ccccc1-c1nnc(CCC(=O)N2CCN(c3ncccn3)CC2)o1. The van der Waals surface area contributed by atoms with Crippen molar-refractivity contribution in [2.45, 2.75) is 19.8 Å². The number of aromatic nitrogens is 4. The fourth-order valence-corrected chi connectivity index (χ4v) is 3.26. The predicted octanol–water partition coefficient (Wildman–Crippen LogP) is 2.12. The molecule has 0 radical (unpaired) electrons. The van der Waals surface area contributed by atoms with Crippen LogP contribution >= 0.6 is 0 Å². The maximum atomic E-state index is 12.5. The molecule has 1 amide bonds. The molecule has 3 heterocycles. The van der Waals surface area contributed by atoms with Gasteiger partial charge in [-0.15, -0.1) is 10.2 Å². The Kier molecular flexibility index (Phi) is 5.27. The van der Waals surface area contributed by atoms with E-state index in [4.69, 9.17) is 4.42 Å². The standard InChI is InChI=1S/C20H22N6O2/c1-15-5-2-3-6-16(15)19-24-23-17(28-19)7-8-18(27)25-11-13-26(14-12-25)20-21-9-4-10-22-20/h2-6,9-10H,7-8,11-14H2,1H3. The molecule has 1 aromatic carbocycles. The fourth-order valence-electron chi connectivity index (χ4n) is 3.26. The molecule has 144 valence electrons. The zero-order chi connectivity index (χ0) is 19.3. The minimum absolute atomic E-state index is 0.101. The van der Waals surface area contributed by atoms with Crippen LogP contribution in [0.3, 0.4) is 0 Å². The molecule has 0 saturated carbocycles. The number of carbonyl (C=O) groups is 1. The largest absolute Gasteiger partial charge is 0.421 e. The second-order valence-electron chi connectivity index (χ2n) is 6.73. The molecule has 0 atom stereocenters. The molecule has 0 aliphatic carbocycles. The number of amides is 1. The molecule has 1 fully saturated rings. The summed E-state index contributed by atoms with van der Waals surface area (Å²) in [5.41, 5.74) is 2.00. The van der Waals surface area contributed by atoms with Crippen molar-refractivity contribution in [1.82, 2.24) is 25.1 Å². The zero-order valence-electron chi connectivity index (χ0n) is 15.8. The van der Waals surface area contributed by atoms with E-state index in [-0.39, 0.29) is 5.91 Å². The van der Waals surface area contributed by atoms with Crippen molar-refractivity contribution >= 4 is 11.9 Å². The first-order valence-corrected chi connectivity index (χ1v) is 9.39. The quantitative estimate of drug-likeness (QED) is 0.672. The Morgan fingerprint density at radius 3 is 2.54 bits per heavy atom. The monoisotopic (exact) mass is 378 g/mol. The highest BCUT2D eigenvalue weighted by atomic mass is 16.4. The van der Waals surface area contributed by atoms with Gasteiger partial charge in [0, 0.05) is 57.0 Å². The maximum Gasteiger partial charge on any atom is 0.247 e. The third-order valence-corrected chi connectivity index (χ3v) is 4.86. The van der Waals surface area contributed by atoms with E-state index in [2.05, 4.69) is 25.1 Å². The van der Waals surface area contributed by atoms with Crippen LogP contribution in [0, 0.1) is 6.92 Å². The summed E-state index contributed by atoms with van der Waals surface area (Å²) in [7, 11) is 0. The number of piperazine rings is 1. The molecular weight excluding hydrogens is 356 g/mol. The number of benzene rings is 1. The minimum atomic E-state index is 0.101. The van der Waals surface area contributed by atoms with E-state index in [0.717, 1.165) is 24.2 Å². The third-order valence-electron chi connectivity index (χ3n) is 4.86. The van der Waals surface area contributed by atoms with Crippen molar-refractivity contribution in [1.29, 1.82) is 0 Å². The first-order valence-electron chi connectivity index (χ1n) is 9.39. The molecule has 3 aromatic rings. The summed E-state index contributed by atoms with van der Waals surface area (Å²) in [6, 6.07) is 9.66. The molecule has 8 nitrogen and oxygen atoms in total. The summed E-state index contributed by atoms with van der Waals surface area (Å²) in [6.45, 7) is 4.79. The number of anilines is 1. The smallest absolute Gasteiger partial charge is 0.247 e. The van der Waals surface area contributed by atoms with Gasteiger partial charge in [0.1, 0.15) is 0 Å². The molecule has 4 rings (SSSR count). The van der Waals surface area contributed by atoms with E-state index < -0.39 is 0 Å². The van der Waals surface area contributed by atoms with Crippen LogP contribution in [0.4, 0.5) is 5.95 Å². The number of aryl methyl sites for hydroxylation is 2. The summed E-state index contributed by atoms with van der Waals surface area (Å²) in [5, 5.41) is 8.21. The topological polar surface area (TPSA) is 88.3 Å². The molecule has 1 aliphatic rings. The van der Waals surface area contributed by atoms with E-state index in [9.17, 15) is 4.79 Å². The lowest BCUT2D eigenvalue weighted by molar-refractivity contribution is -0.131. The second kappa shape index (κ2) is 8.16. The van der Waals surface area contributed by atoms with Crippen LogP contribution < -0.4 is 4.90 Å². The average Bonchev–Trinajstić information content (AvgIpc) is 3.22. The lowest BCUT2D eigenvalue weighted by atomic mass is 10.1. The van der Waals surface area contributed by atoms with Gasteiger partial charge >= 0.3 is 0 Å². The van der Waals surface area contributed by atoms with Crippen LogP contribution in [0.15, 0.2) is 47.1 Å². The Morgan fingerprint density at radius 1 is 1.04 bits per heavy atom. The van der Waals surface area contributed by atoms with Crippen molar-refractivity contribution in [3.8, 4) is 11.5 Å². The first-order chi connectivity index (χ1) is 13.7. The fraction of sp³-hybridized carbons (Fsp3) is 0.350. The van der Waals surface area contributed by atoms with Crippen LogP contribution in [0.5, 0.6) is 0 Å². The van der Waals surface area contributed by atoms with Gasteiger partial charge in [-0.2, -0.15) is 0 Å². The second-order valence-corrected chi connectivity index (χ2v) is 6.73. The van der Waals surface area contributed by atoms with Crippen molar-refractivity contribution < 1.29 is 9.21 Å².